The van der Waals surface area contributed by atoms with Crippen molar-refractivity contribution in [2.24, 2.45) is 0 Å². The Balaban J connectivity index is 2.13. The Kier molecular flexibility index (Phi) is 5.09. The maximum Gasteiger partial charge on any atom is 0.254 e. The van der Waals surface area contributed by atoms with Gasteiger partial charge in [-0.2, -0.15) is 11.3 Å². The molecule has 1 aromatic heterocycles. The molecule has 2 aromatic rings. The maximum absolute atomic E-state index is 13.7. The number of thiophene rings is 1. The fraction of sp³-hybridized carbons (Fsp3) is 0.188. The van der Waals surface area contributed by atoms with Gasteiger partial charge < -0.3 is 10.4 Å². The number of aliphatic hydroxyl groups is 1. The van der Waals surface area contributed by atoms with Crippen LogP contribution in [0.15, 0.2) is 29.0 Å². The van der Waals surface area contributed by atoms with Gasteiger partial charge in [0, 0.05) is 12.1 Å². The molecule has 0 aliphatic carbocycles. The molecule has 1 aromatic carbocycles. The molecule has 0 saturated carbocycles. The highest BCUT2D eigenvalue weighted by Crippen LogP contribution is 2.14. The second kappa shape index (κ2) is 7.02. The fourth-order valence-corrected chi connectivity index (χ4v) is 2.61. The molecule has 0 spiro atoms. The van der Waals surface area contributed by atoms with Crippen molar-refractivity contribution in [2.45, 2.75) is 13.5 Å². The molecule has 2 N–H and O–H groups in total. The SMILES string of the molecule is Cc1cscc1CNC(=O)c1cc(C#CCO)ccc1F. The van der Waals surface area contributed by atoms with E-state index in [2.05, 4.69) is 17.2 Å². The Morgan fingerprint density at radius 2 is 2.24 bits per heavy atom. The average Bonchev–Trinajstić information content (AvgIpc) is 2.89. The van der Waals surface area contributed by atoms with Crippen molar-refractivity contribution in [1.29, 1.82) is 0 Å². The molecule has 0 fully saturated rings. The monoisotopic (exact) mass is 303 g/mol. The normalized spacial score (nSPS) is 9.86. The third-order valence-corrected chi connectivity index (χ3v) is 3.83. The summed E-state index contributed by atoms with van der Waals surface area (Å²) < 4.78 is 13.7. The molecule has 0 saturated heterocycles. The lowest BCUT2D eigenvalue weighted by Crippen LogP contribution is -2.24. The van der Waals surface area contributed by atoms with E-state index in [1.165, 1.54) is 18.2 Å². The summed E-state index contributed by atoms with van der Waals surface area (Å²) in [6, 6.07) is 4.05. The summed E-state index contributed by atoms with van der Waals surface area (Å²) in [4.78, 5) is 12.1. The molecular weight excluding hydrogens is 289 g/mol. The van der Waals surface area contributed by atoms with Gasteiger partial charge >= 0.3 is 0 Å². The molecule has 0 aliphatic rings. The molecule has 0 unspecified atom stereocenters. The van der Waals surface area contributed by atoms with Gasteiger partial charge in [-0.15, -0.1) is 0 Å². The van der Waals surface area contributed by atoms with Gasteiger partial charge in [0.2, 0.25) is 0 Å². The largest absolute Gasteiger partial charge is 0.384 e. The van der Waals surface area contributed by atoms with Gasteiger partial charge in [-0.05, 0) is 47.0 Å². The molecule has 108 valence electrons. The predicted octanol–water partition coefficient (Wildman–Crippen LogP) is 2.47. The van der Waals surface area contributed by atoms with Crippen LogP contribution in [-0.4, -0.2) is 17.6 Å². The molecule has 1 heterocycles. The number of nitrogens with one attached hydrogen (secondary N) is 1. The van der Waals surface area contributed by atoms with Gasteiger partial charge in [0.05, 0.1) is 5.56 Å². The van der Waals surface area contributed by atoms with Crippen molar-refractivity contribution >= 4 is 17.2 Å². The highest BCUT2D eigenvalue weighted by atomic mass is 32.1. The Bertz CT molecular complexity index is 713. The Labute approximate surface area is 126 Å². The van der Waals surface area contributed by atoms with Gasteiger partial charge in [-0.25, -0.2) is 4.39 Å². The highest BCUT2D eigenvalue weighted by molar-refractivity contribution is 7.08. The molecule has 5 heteroatoms. The van der Waals surface area contributed by atoms with Crippen LogP contribution in [0.2, 0.25) is 0 Å². The lowest BCUT2D eigenvalue weighted by Gasteiger charge is -2.06. The number of hydrogen-bond donors (Lipinski definition) is 2. The van der Waals surface area contributed by atoms with Crippen LogP contribution < -0.4 is 5.32 Å². The number of halogens is 1. The number of carbonyl (C=O) groups is 1. The number of aryl methyl sites for hydroxylation is 1. The third kappa shape index (κ3) is 3.91. The van der Waals surface area contributed by atoms with Crippen LogP contribution >= 0.6 is 11.3 Å². The van der Waals surface area contributed by atoms with Crippen LogP contribution in [0.5, 0.6) is 0 Å². The quantitative estimate of drug-likeness (QED) is 0.856. The number of rotatable bonds is 3. The predicted molar refractivity (Wildman–Crippen MR) is 80.6 cm³/mol. The van der Waals surface area contributed by atoms with Crippen molar-refractivity contribution in [2.75, 3.05) is 6.61 Å². The Morgan fingerprint density at radius 1 is 1.43 bits per heavy atom. The smallest absolute Gasteiger partial charge is 0.254 e. The molecule has 0 radical (unpaired) electrons. The fourth-order valence-electron chi connectivity index (χ4n) is 1.76. The van der Waals surface area contributed by atoms with Gasteiger partial charge in [-0.3, -0.25) is 4.79 Å². The molecule has 0 bridgehead atoms. The van der Waals surface area contributed by atoms with Crippen molar-refractivity contribution in [1.82, 2.24) is 5.32 Å². The van der Waals surface area contributed by atoms with Crippen LogP contribution in [-0.2, 0) is 6.54 Å². The standard InChI is InChI=1S/C16H14FNO2S/c1-11-9-21-10-13(11)8-18-16(20)14-7-12(3-2-6-19)4-5-15(14)17/h4-5,7,9-10,19H,6,8H2,1H3,(H,18,20). The summed E-state index contributed by atoms with van der Waals surface area (Å²) in [7, 11) is 0. The number of amides is 1. The van der Waals surface area contributed by atoms with Crippen molar-refractivity contribution in [3.63, 3.8) is 0 Å². The maximum atomic E-state index is 13.7. The van der Waals surface area contributed by atoms with E-state index in [9.17, 15) is 9.18 Å². The Hall–Kier alpha value is -2.16. The van der Waals surface area contributed by atoms with Gasteiger partial charge in [-0.1, -0.05) is 11.8 Å². The first-order valence-corrected chi connectivity index (χ1v) is 7.25. The molecule has 0 aliphatic heterocycles. The van der Waals surface area contributed by atoms with E-state index in [-0.39, 0.29) is 12.2 Å². The van der Waals surface area contributed by atoms with Gasteiger partial charge in [0.15, 0.2) is 0 Å². The molecule has 1 amide bonds. The zero-order chi connectivity index (χ0) is 15.2. The minimum Gasteiger partial charge on any atom is -0.384 e. The molecular formula is C16H14FNO2S. The minimum absolute atomic E-state index is 0.0485. The zero-order valence-electron chi connectivity index (χ0n) is 11.4. The number of hydrogen-bond acceptors (Lipinski definition) is 3. The third-order valence-electron chi connectivity index (χ3n) is 2.92. The summed E-state index contributed by atoms with van der Waals surface area (Å²) in [5.41, 5.74) is 2.56. The second-order valence-electron chi connectivity index (χ2n) is 4.42. The van der Waals surface area contributed by atoms with Crippen molar-refractivity contribution in [3.8, 4) is 11.8 Å². The summed E-state index contributed by atoms with van der Waals surface area (Å²) in [5, 5.41) is 15.3. The highest BCUT2D eigenvalue weighted by Gasteiger charge is 2.12. The second-order valence-corrected chi connectivity index (χ2v) is 5.16. The lowest BCUT2D eigenvalue weighted by molar-refractivity contribution is 0.0947. The Morgan fingerprint density at radius 3 is 2.90 bits per heavy atom. The van der Waals surface area contributed by atoms with E-state index in [0.717, 1.165) is 11.1 Å². The summed E-state index contributed by atoms with van der Waals surface area (Å²) in [6.45, 7) is 2.04. The number of benzene rings is 1. The van der Waals surface area contributed by atoms with Crippen LogP contribution in [0, 0.1) is 24.6 Å². The summed E-state index contributed by atoms with van der Waals surface area (Å²) in [6.07, 6.45) is 0. The van der Waals surface area contributed by atoms with Crippen molar-refractivity contribution in [3.05, 3.63) is 57.0 Å². The van der Waals surface area contributed by atoms with Gasteiger partial charge in [0.25, 0.3) is 5.91 Å². The van der Waals surface area contributed by atoms with Gasteiger partial charge in [0.1, 0.15) is 12.4 Å². The first-order valence-electron chi connectivity index (χ1n) is 6.31. The topological polar surface area (TPSA) is 49.3 Å². The molecule has 0 atom stereocenters. The number of aliphatic hydroxyl groups excluding tert-OH is 1. The minimum atomic E-state index is -0.593. The number of carbonyl (C=O) groups excluding carboxylic acids is 1. The summed E-state index contributed by atoms with van der Waals surface area (Å²) in [5.74, 6) is 4.04. The van der Waals surface area contributed by atoms with E-state index >= 15 is 0 Å². The van der Waals surface area contributed by atoms with Crippen LogP contribution in [0.3, 0.4) is 0 Å². The van der Waals surface area contributed by atoms with Crippen LogP contribution in [0.4, 0.5) is 4.39 Å². The van der Waals surface area contributed by atoms with Crippen LogP contribution in [0.1, 0.15) is 27.0 Å². The first-order chi connectivity index (χ1) is 10.1. The van der Waals surface area contributed by atoms with Crippen molar-refractivity contribution < 1.29 is 14.3 Å². The van der Waals surface area contributed by atoms with E-state index in [1.807, 2.05) is 17.7 Å². The van der Waals surface area contributed by atoms with E-state index in [1.54, 1.807) is 11.3 Å². The summed E-state index contributed by atoms with van der Waals surface area (Å²) >= 11 is 1.56. The van der Waals surface area contributed by atoms with E-state index in [4.69, 9.17) is 5.11 Å². The van der Waals surface area contributed by atoms with E-state index < -0.39 is 11.7 Å². The first kappa shape index (κ1) is 15.2. The zero-order valence-corrected chi connectivity index (χ0v) is 12.3. The van der Waals surface area contributed by atoms with Crippen LogP contribution in [0.25, 0.3) is 0 Å². The van der Waals surface area contributed by atoms with E-state index in [0.29, 0.717) is 12.1 Å². The lowest BCUT2D eigenvalue weighted by atomic mass is 10.1. The molecule has 3 nitrogen and oxygen atoms in total. The molecule has 2 rings (SSSR count). The molecule has 21 heavy (non-hydrogen) atoms. The average molecular weight is 303 g/mol.